The summed E-state index contributed by atoms with van der Waals surface area (Å²) in [6.45, 7) is 2.89. The molecule has 1 saturated carbocycles. The minimum absolute atomic E-state index is 0.0776. The Labute approximate surface area is 95.6 Å². The fraction of sp³-hybridized carbons (Fsp3) is 0.818. The summed E-state index contributed by atoms with van der Waals surface area (Å²) < 4.78 is 0. The second-order valence-corrected chi connectivity index (χ2v) is 4.23. The van der Waals surface area contributed by atoms with Crippen LogP contribution in [0.5, 0.6) is 0 Å². The third-order valence-corrected chi connectivity index (χ3v) is 3.09. The number of hydrogen-bond acceptors (Lipinski definition) is 2. The first kappa shape index (κ1) is 12.8. The zero-order valence-corrected chi connectivity index (χ0v) is 9.66. The van der Waals surface area contributed by atoms with E-state index in [0.717, 1.165) is 25.7 Å². The van der Waals surface area contributed by atoms with Crippen LogP contribution in [0.2, 0.25) is 0 Å². The van der Waals surface area contributed by atoms with E-state index in [1.165, 1.54) is 0 Å². The Morgan fingerprint density at radius 2 is 1.94 bits per heavy atom. The molecule has 5 heteroatoms. The van der Waals surface area contributed by atoms with Gasteiger partial charge in [0.2, 0.25) is 0 Å². The van der Waals surface area contributed by atoms with Gasteiger partial charge in [-0.3, -0.25) is 4.79 Å². The first-order chi connectivity index (χ1) is 7.65. The summed E-state index contributed by atoms with van der Waals surface area (Å²) in [6.07, 6.45) is 3.67. The highest BCUT2D eigenvalue weighted by Gasteiger charge is 2.30. The van der Waals surface area contributed by atoms with Gasteiger partial charge in [0.05, 0.1) is 5.92 Å². The second-order valence-electron chi connectivity index (χ2n) is 4.23. The van der Waals surface area contributed by atoms with Crippen LogP contribution in [0.25, 0.3) is 0 Å². The summed E-state index contributed by atoms with van der Waals surface area (Å²) >= 11 is 0. The number of carbonyl (C=O) groups is 2. The molecule has 0 aromatic heterocycles. The average molecular weight is 228 g/mol. The number of urea groups is 1. The highest BCUT2D eigenvalue weighted by Crippen LogP contribution is 2.29. The van der Waals surface area contributed by atoms with Crippen LogP contribution in [0.1, 0.15) is 32.6 Å². The number of aliphatic carboxylic acids is 1. The van der Waals surface area contributed by atoms with Crippen molar-refractivity contribution in [2.45, 2.75) is 32.6 Å². The van der Waals surface area contributed by atoms with Crippen LogP contribution >= 0.6 is 0 Å². The monoisotopic (exact) mass is 228 g/mol. The molecule has 0 aromatic rings. The Kier molecular flexibility index (Phi) is 5.08. The lowest BCUT2D eigenvalue weighted by Gasteiger charge is -2.28. The lowest BCUT2D eigenvalue weighted by Crippen LogP contribution is -2.41. The molecule has 2 atom stereocenters. The van der Waals surface area contributed by atoms with Gasteiger partial charge in [-0.1, -0.05) is 12.8 Å². The Balaban J connectivity index is 2.38. The van der Waals surface area contributed by atoms with Gasteiger partial charge in [0.15, 0.2) is 0 Å². The van der Waals surface area contributed by atoms with Crippen LogP contribution in [0.4, 0.5) is 4.79 Å². The quantitative estimate of drug-likeness (QED) is 0.676. The van der Waals surface area contributed by atoms with Crippen molar-refractivity contribution in [1.29, 1.82) is 0 Å². The molecular formula is C11H20N2O3. The molecule has 0 radical (unpaired) electrons. The van der Waals surface area contributed by atoms with E-state index in [1.807, 2.05) is 6.92 Å². The Hall–Kier alpha value is -1.26. The molecule has 0 saturated heterocycles. The Bertz CT molecular complexity index is 256. The van der Waals surface area contributed by atoms with Gasteiger partial charge in [0.1, 0.15) is 0 Å². The molecule has 3 N–H and O–H groups in total. The molecule has 5 nitrogen and oxygen atoms in total. The Morgan fingerprint density at radius 3 is 2.56 bits per heavy atom. The third-order valence-electron chi connectivity index (χ3n) is 3.09. The maximum Gasteiger partial charge on any atom is 0.314 e. The van der Waals surface area contributed by atoms with Gasteiger partial charge >= 0.3 is 12.0 Å². The molecule has 1 fully saturated rings. The van der Waals surface area contributed by atoms with E-state index in [9.17, 15) is 9.59 Å². The third kappa shape index (κ3) is 3.72. The number of carboxylic acid groups (broad SMARTS) is 1. The lowest BCUT2D eigenvalue weighted by atomic mass is 9.79. The van der Waals surface area contributed by atoms with Crippen molar-refractivity contribution in [2.24, 2.45) is 11.8 Å². The zero-order chi connectivity index (χ0) is 12.0. The van der Waals surface area contributed by atoms with Crippen molar-refractivity contribution in [3.05, 3.63) is 0 Å². The van der Waals surface area contributed by atoms with Gasteiger partial charge in [-0.05, 0) is 25.7 Å². The molecule has 0 aromatic carbocycles. The van der Waals surface area contributed by atoms with Crippen LogP contribution in [0, 0.1) is 11.8 Å². The van der Waals surface area contributed by atoms with E-state index in [0.29, 0.717) is 13.1 Å². The zero-order valence-electron chi connectivity index (χ0n) is 9.66. The fourth-order valence-electron chi connectivity index (χ4n) is 2.22. The SMILES string of the molecule is CCNC(=O)NCC1CCCCC1C(=O)O. The summed E-state index contributed by atoms with van der Waals surface area (Å²) in [4.78, 5) is 22.2. The number of rotatable bonds is 4. The maximum atomic E-state index is 11.2. The largest absolute Gasteiger partial charge is 0.481 e. The molecule has 16 heavy (non-hydrogen) atoms. The number of hydrogen-bond donors (Lipinski definition) is 3. The molecular weight excluding hydrogens is 208 g/mol. The van der Waals surface area contributed by atoms with Crippen molar-refractivity contribution < 1.29 is 14.7 Å². The van der Waals surface area contributed by atoms with Gasteiger partial charge in [-0.25, -0.2) is 4.79 Å². The van der Waals surface area contributed by atoms with E-state index < -0.39 is 5.97 Å². The first-order valence-electron chi connectivity index (χ1n) is 5.89. The predicted molar refractivity (Wildman–Crippen MR) is 60.2 cm³/mol. The highest BCUT2D eigenvalue weighted by atomic mass is 16.4. The first-order valence-corrected chi connectivity index (χ1v) is 5.89. The molecule has 0 spiro atoms. The smallest absolute Gasteiger partial charge is 0.314 e. The van der Waals surface area contributed by atoms with Gasteiger partial charge in [0, 0.05) is 13.1 Å². The topological polar surface area (TPSA) is 78.4 Å². The van der Waals surface area contributed by atoms with Gasteiger partial charge in [-0.15, -0.1) is 0 Å². The second kappa shape index (κ2) is 6.35. The molecule has 1 aliphatic carbocycles. The van der Waals surface area contributed by atoms with Gasteiger partial charge in [-0.2, -0.15) is 0 Å². The minimum atomic E-state index is -0.734. The number of carbonyl (C=O) groups excluding carboxylic acids is 1. The minimum Gasteiger partial charge on any atom is -0.481 e. The number of amides is 2. The van der Waals surface area contributed by atoms with Crippen LogP contribution in [-0.2, 0) is 4.79 Å². The van der Waals surface area contributed by atoms with Crippen molar-refractivity contribution >= 4 is 12.0 Å². The summed E-state index contributed by atoms with van der Waals surface area (Å²) in [6, 6.07) is -0.211. The number of nitrogens with one attached hydrogen (secondary N) is 2. The molecule has 2 unspecified atom stereocenters. The van der Waals surface area contributed by atoms with Crippen LogP contribution < -0.4 is 10.6 Å². The predicted octanol–water partition coefficient (Wildman–Crippen LogP) is 1.20. The summed E-state index contributed by atoms with van der Waals surface area (Å²) in [7, 11) is 0. The summed E-state index contributed by atoms with van der Waals surface area (Å²) in [5.41, 5.74) is 0. The highest BCUT2D eigenvalue weighted by molar-refractivity contribution is 5.74. The summed E-state index contributed by atoms with van der Waals surface area (Å²) in [5, 5.41) is 14.4. The normalized spacial score (nSPS) is 24.8. The van der Waals surface area contributed by atoms with E-state index in [-0.39, 0.29) is 17.9 Å². The van der Waals surface area contributed by atoms with Gasteiger partial charge in [0.25, 0.3) is 0 Å². The van der Waals surface area contributed by atoms with Crippen molar-refractivity contribution in [3.8, 4) is 0 Å². The van der Waals surface area contributed by atoms with Crippen LogP contribution in [0.15, 0.2) is 0 Å². The van der Waals surface area contributed by atoms with E-state index in [4.69, 9.17) is 5.11 Å². The molecule has 0 bridgehead atoms. The summed E-state index contributed by atoms with van der Waals surface area (Å²) in [5.74, 6) is -0.952. The van der Waals surface area contributed by atoms with E-state index in [1.54, 1.807) is 0 Å². The van der Waals surface area contributed by atoms with Crippen LogP contribution in [-0.4, -0.2) is 30.2 Å². The van der Waals surface area contributed by atoms with Crippen LogP contribution in [0.3, 0.4) is 0 Å². The van der Waals surface area contributed by atoms with Crippen molar-refractivity contribution in [1.82, 2.24) is 10.6 Å². The molecule has 1 aliphatic rings. The lowest BCUT2D eigenvalue weighted by molar-refractivity contribution is -0.144. The fourth-order valence-corrected chi connectivity index (χ4v) is 2.22. The molecule has 0 aliphatic heterocycles. The van der Waals surface area contributed by atoms with E-state index >= 15 is 0 Å². The molecule has 2 amide bonds. The van der Waals surface area contributed by atoms with Crippen molar-refractivity contribution in [2.75, 3.05) is 13.1 Å². The van der Waals surface area contributed by atoms with Gasteiger partial charge < -0.3 is 15.7 Å². The van der Waals surface area contributed by atoms with Crippen molar-refractivity contribution in [3.63, 3.8) is 0 Å². The standard InChI is InChI=1S/C11H20N2O3/c1-2-12-11(16)13-7-8-5-3-4-6-9(8)10(14)15/h8-9H,2-7H2,1H3,(H,14,15)(H2,12,13,16). The number of carboxylic acids is 1. The molecule has 0 heterocycles. The molecule has 1 rings (SSSR count). The molecule has 92 valence electrons. The Morgan fingerprint density at radius 1 is 1.25 bits per heavy atom. The maximum absolute atomic E-state index is 11.2. The van der Waals surface area contributed by atoms with E-state index in [2.05, 4.69) is 10.6 Å². The average Bonchev–Trinajstić information content (AvgIpc) is 2.27.